The number of halogens is 2. The zero-order chi connectivity index (χ0) is 19.1. The Morgan fingerprint density at radius 1 is 1.19 bits per heavy atom. The van der Waals surface area contributed by atoms with Crippen LogP contribution in [0.3, 0.4) is 0 Å². The van der Waals surface area contributed by atoms with Crippen LogP contribution in [-0.4, -0.2) is 59.0 Å². The highest BCUT2D eigenvalue weighted by molar-refractivity contribution is 7.98. The van der Waals surface area contributed by atoms with Crippen LogP contribution in [0.4, 0.5) is 19.4 Å². The van der Waals surface area contributed by atoms with Crippen molar-refractivity contribution in [2.45, 2.75) is 50.3 Å². The minimum Gasteiger partial charge on any atom is -0.444 e. The fourth-order valence-corrected chi connectivity index (χ4v) is 3.53. The van der Waals surface area contributed by atoms with Gasteiger partial charge in [0.1, 0.15) is 17.1 Å². The maximum Gasteiger partial charge on any atom is 0.410 e. The van der Waals surface area contributed by atoms with Gasteiger partial charge in [-0.05, 0) is 33.4 Å². The molecule has 1 aliphatic carbocycles. The molecule has 0 spiro atoms. The number of hydrogen-bond acceptors (Lipinski definition) is 6. The lowest BCUT2D eigenvalue weighted by Gasteiger charge is -2.36. The van der Waals surface area contributed by atoms with E-state index in [0.29, 0.717) is 42.7 Å². The zero-order valence-corrected chi connectivity index (χ0v) is 16.3. The number of carbonyl (C=O) groups excluding carboxylic acids is 1. The maximum absolute atomic E-state index is 14.1. The lowest BCUT2D eigenvalue weighted by Crippen LogP contribution is -2.50. The van der Waals surface area contributed by atoms with Crippen LogP contribution < -0.4 is 4.90 Å². The van der Waals surface area contributed by atoms with E-state index in [1.54, 1.807) is 11.2 Å². The standard InChI is InChI=1S/C17H24F2N4O2S/c1-16(2,3)25-15(24)23-9-7-22(8-10-23)13-11-5-6-17(18,19)12(11)20-14(21-13)26-4/h5-10H2,1-4H3. The van der Waals surface area contributed by atoms with Gasteiger partial charge >= 0.3 is 6.09 Å². The molecular weight excluding hydrogens is 362 g/mol. The smallest absolute Gasteiger partial charge is 0.410 e. The van der Waals surface area contributed by atoms with Gasteiger partial charge < -0.3 is 14.5 Å². The monoisotopic (exact) mass is 386 g/mol. The van der Waals surface area contributed by atoms with Crippen molar-refractivity contribution in [1.29, 1.82) is 0 Å². The van der Waals surface area contributed by atoms with Gasteiger partial charge in [0.2, 0.25) is 0 Å². The third-order valence-electron chi connectivity index (χ3n) is 4.41. The molecule has 1 aromatic heterocycles. The Bertz CT molecular complexity index is 701. The van der Waals surface area contributed by atoms with Gasteiger partial charge in [-0.3, -0.25) is 0 Å². The summed E-state index contributed by atoms with van der Waals surface area (Å²) in [4.78, 5) is 24.4. The fraction of sp³-hybridized carbons (Fsp3) is 0.706. The van der Waals surface area contributed by atoms with Crippen molar-refractivity contribution in [2.75, 3.05) is 37.3 Å². The first-order chi connectivity index (χ1) is 12.1. The van der Waals surface area contributed by atoms with Crippen molar-refractivity contribution in [2.24, 2.45) is 0 Å². The molecule has 2 heterocycles. The average Bonchev–Trinajstić information content (AvgIpc) is 2.88. The first-order valence-corrected chi connectivity index (χ1v) is 9.89. The lowest BCUT2D eigenvalue weighted by molar-refractivity contribution is -0.00651. The second kappa shape index (κ2) is 6.83. The number of amides is 1. The highest BCUT2D eigenvalue weighted by atomic mass is 32.2. The first kappa shape index (κ1) is 19.1. The van der Waals surface area contributed by atoms with Crippen LogP contribution in [0.1, 0.15) is 38.4 Å². The van der Waals surface area contributed by atoms with E-state index in [1.807, 2.05) is 25.7 Å². The Labute approximate surface area is 156 Å². The number of aromatic nitrogens is 2. The zero-order valence-electron chi connectivity index (χ0n) is 15.5. The fourth-order valence-electron chi connectivity index (χ4n) is 3.17. The summed E-state index contributed by atoms with van der Waals surface area (Å²) in [7, 11) is 0. The summed E-state index contributed by atoms with van der Waals surface area (Å²) in [6, 6.07) is 0. The Balaban J connectivity index is 1.76. The van der Waals surface area contributed by atoms with Crippen LogP contribution >= 0.6 is 11.8 Å². The van der Waals surface area contributed by atoms with Gasteiger partial charge in [0.05, 0.1) is 0 Å². The summed E-state index contributed by atoms with van der Waals surface area (Å²) in [6.45, 7) is 7.49. The topological polar surface area (TPSA) is 58.6 Å². The summed E-state index contributed by atoms with van der Waals surface area (Å²) in [5.74, 6) is -2.31. The molecule has 1 aliphatic heterocycles. The Hall–Kier alpha value is -1.64. The molecule has 1 fully saturated rings. The largest absolute Gasteiger partial charge is 0.444 e. The van der Waals surface area contributed by atoms with Crippen molar-refractivity contribution >= 4 is 23.7 Å². The molecule has 0 saturated carbocycles. The van der Waals surface area contributed by atoms with Gasteiger partial charge in [0, 0.05) is 38.2 Å². The summed E-state index contributed by atoms with van der Waals surface area (Å²) < 4.78 is 33.7. The van der Waals surface area contributed by atoms with E-state index in [-0.39, 0.29) is 24.6 Å². The minimum absolute atomic E-state index is 0.138. The Kier molecular flexibility index (Phi) is 5.02. The van der Waals surface area contributed by atoms with E-state index >= 15 is 0 Å². The number of alkyl halides is 2. The SMILES string of the molecule is CSc1nc(N2CCN(C(=O)OC(C)(C)C)CC2)c2c(n1)C(F)(F)CC2. The second-order valence-corrected chi connectivity index (χ2v) is 8.29. The first-order valence-electron chi connectivity index (χ1n) is 8.67. The predicted molar refractivity (Wildman–Crippen MR) is 96.0 cm³/mol. The van der Waals surface area contributed by atoms with E-state index < -0.39 is 11.5 Å². The van der Waals surface area contributed by atoms with Crippen molar-refractivity contribution in [3.05, 3.63) is 11.3 Å². The van der Waals surface area contributed by atoms with Crippen molar-refractivity contribution in [3.63, 3.8) is 0 Å². The molecule has 144 valence electrons. The number of hydrogen-bond donors (Lipinski definition) is 0. The van der Waals surface area contributed by atoms with Crippen LogP contribution in [0, 0.1) is 0 Å². The van der Waals surface area contributed by atoms with Crippen LogP contribution in [0.15, 0.2) is 5.16 Å². The molecule has 26 heavy (non-hydrogen) atoms. The normalized spacial score (nSPS) is 19.5. The molecule has 0 radical (unpaired) electrons. The number of fused-ring (bicyclic) bond motifs is 1. The number of ether oxygens (including phenoxy) is 1. The molecule has 0 N–H and O–H groups in total. The van der Waals surface area contributed by atoms with Crippen molar-refractivity contribution < 1.29 is 18.3 Å². The van der Waals surface area contributed by atoms with Gasteiger partial charge in [-0.15, -0.1) is 0 Å². The summed E-state index contributed by atoms with van der Waals surface area (Å²) in [6.07, 6.45) is 1.48. The summed E-state index contributed by atoms with van der Waals surface area (Å²) in [5, 5.41) is 0.356. The minimum atomic E-state index is -2.89. The third-order valence-corrected chi connectivity index (χ3v) is 4.96. The molecule has 2 aliphatic rings. The van der Waals surface area contributed by atoms with Crippen LogP contribution in [-0.2, 0) is 17.1 Å². The molecule has 1 saturated heterocycles. The lowest BCUT2D eigenvalue weighted by atomic mass is 10.2. The van der Waals surface area contributed by atoms with Crippen LogP contribution in [0.5, 0.6) is 0 Å². The molecule has 3 rings (SSSR count). The number of nitrogens with zero attached hydrogens (tertiary/aromatic N) is 4. The second-order valence-electron chi connectivity index (χ2n) is 7.52. The Morgan fingerprint density at radius 3 is 2.42 bits per heavy atom. The Morgan fingerprint density at radius 2 is 1.85 bits per heavy atom. The number of anilines is 1. The predicted octanol–water partition coefficient (Wildman–Crippen LogP) is 3.29. The van der Waals surface area contributed by atoms with E-state index in [0.717, 1.165) is 0 Å². The number of piperazine rings is 1. The molecular formula is C17H24F2N4O2S. The summed E-state index contributed by atoms with van der Waals surface area (Å²) >= 11 is 1.26. The van der Waals surface area contributed by atoms with Gasteiger partial charge in [-0.1, -0.05) is 11.8 Å². The van der Waals surface area contributed by atoms with E-state index in [2.05, 4.69) is 9.97 Å². The maximum atomic E-state index is 14.1. The molecule has 6 nitrogen and oxygen atoms in total. The molecule has 0 unspecified atom stereocenters. The molecule has 1 amide bonds. The van der Waals surface area contributed by atoms with Crippen molar-refractivity contribution in [3.8, 4) is 0 Å². The van der Waals surface area contributed by atoms with Gasteiger partial charge in [-0.2, -0.15) is 8.78 Å². The number of thioether (sulfide) groups is 1. The van der Waals surface area contributed by atoms with Gasteiger partial charge in [-0.25, -0.2) is 14.8 Å². The van der Waals surface area contributed by atoms with Crippen molar-refractivity contribution in [1.82, 2.24) is 14.9 Å². The average molecular weight is 386 g/mol. The number of carbonyl (C=O) groups is 1. The van der Waals surface area contributed by atoms with Crippen LogP contribution in [0.2, 0.25) is 0 Å². The third kappa shape index (κ3) is 3.87. The molecule has 1 aromatic rings. The molecule has 0 bridgehead atoms. The van der Waals surface area contributed by atoms with Gasteiger partial charge in [0.25, 0.3) is 5.92 Å². The summed E-state index contributed by atoms with van der Waals surface area (Å²) in [5.41, 5.74) is -0.138. The quantitative estimate of drug-likeness (QED) is 0.574. The van der Waals surface area contributed by atoms with Crippen LogP contribution in [0.25, 0.3) is 0 Å². The highest BCUT2D eigenvalue weighted by Crippen LogP contribution is 2.44. The molecule has 0 aromatic carbocycles. The number of rotatable bonds is 2. The van der Waals surface area contributed by atoms with E-state index in [9.17, 15) is 13.6 Å². The molecule has 9 heteroatoms. The molecule has 0 atom stereocenters. The van der Waals surface area contributed by atoms with Gasteiger partial charge in [0.15, 0.2) is 5.16 Å². The highest BCUT2D eigenvalue weighted by Gasteiger charge is 2.44. The van der Waals surface area contributed by atoms with E-state index in [1.165, 1.54) is 11.8 Å². The van der Waals surface area contributed by atoms with E-state index in [4.69, 9.17) is 4.74 Å².